The van der Waals surface area contributed by atoms with Crippen molar-refractivity contribution in [2.45, 2.75) is 255 Å². The molecule has 7 aliphatic rings. The minimum absolute atomic E-state index is 0.0426. The number of amides is 1. The van der Waals surface area contributed by atoms with Gasteiger partial charge in [0.2, 0.25) is 5.91 Å². The van der Waals surface area contributed by atoms with Crippen molar-refractivity contribution in [3.05, 3.63) is 0 Å². The predicted octanol–water partition coefficient (Wildman–Crippen LogP) is -12.9. The Bertz CT molecular complexity index is 2430. The molecule has 7 heterocycles. The molecule has 0 spiro atoms. The van der Waals surface area contributed by atoms with Crippen LogP contribution >= 0.6 is 0 Å². The van der Waals surface area contributed by atoms with Gasteiger partial charge >= 0.3 is 11.9 Å². The van der Waals surface area contributed by atoms with E-state index in [9.17, 15) is 127 Å². The van der Waals surface area contributed by atoms with E-state index in [4.69, 9.17) is 66.3 Å². The van der Waals surface area contributed by atoms with Gasteiger partial charge in [0.1, 0.15) is 134 Å². The van der Waals surface area contributed by atoms with Gasteiger partial charge in [-0.25, -0.2) is 9.59 Å². The molecule has 0 bridgehead atoms. The summed E-state index contributed by atoms with van der Waals surface area (Å²) in [6.45, 7) is -1.52. The van der Waals surface area contributed by atoms with Crippen LogP contribution in [0.3, 0.4) is 0 Å². The molecule has 0 saturated carbocycles. The third-order valence-electron chi connectivity index (χ3n) is 18.3. The van der Waals surface area contributed by atoms with Crippen LogP contribution in [-0.2, 0) is 80.7 Å². The molecular weight excluding hydrogens is 1300 g/mol. The second kappa shape index (κ2) is 33.7. The third-order valence-corrected chi connectivity index (χ3v) is 18.3. The van der Waals surface area contributed by atoms with E-state index in [1.54, 1.807) is 0 Å². The van der Waals surface area contributed by atoms with Crippen molar-refractivity contribution in [1.82, 2.24) is 5.32 Å². The molecule has 7 rings (SSSR count). The third kappa shape index (κ3) is 16.8. The van der Waals surface area contributed by atoms with Crippen LogP contribution < -0.4 is 5.32 Å². The van der Waals surface area contributed by atoms with Crippen molar-refractivity contribution >= 4 is 17.8 Å². The van der Waals surface area contributed by atoms with Gasteiger partial charge in [-0.15, -0.1) is 0 Å². The zero-order chi connectivity index (χ0) is 70.6. The number of nitrogens with one attached hydrogen (secondary N) is 1. The van der Waals surface area contributed by atoms with Gasteiger partial charge in [0.15, 0.2) is 31.5 Å². The van der Waals surface area contributed by atoms with E-state index in [1.807, 2.05) is 0 Å². The molecular formula is C55H93NO39. The summed E-state index contributed by atoms with van der Waals surface area (Å²) in [6, 6.07) is -2.13. The van der Waals surface area contributed by atoms with Crippen molar-refractivity contribution in [3.8, 4) is 0 Å². The SMILES string of the molecule is CCOC1OC(CO)[C@@H](OC2OC(CO)[C@H](O)[C@H](OC3OC(CO[C@]4(C(=O)O)C[C@@H](O)[C@@H](C)C([C@H](O)[C@H](O)CO)O4)[C@@H](O)[C@H](O[C@@H]4OC(CO)[C@H](OC5OC(CO)[C@H](O)[C@H](O)[C@@H]5C)[C@H](O[C@@]5(C(=O)O)CC(O)[C@H](C)C([C@H](O)[C@H](O)CO)O5)C4O)[C@@H]3NC(C)=O)[C@@H]2O)[C@H](O)[C@@H]1O. The Morgan fingerprint density at radius 1 is 0.474 bits per heavy atom. The van der Waals surface area contributed by atoms with Gasteiger partial charge < -0.3 is 184 Å². The van der Waals surface area contributed by atoms with Crippen molar-refractivity contribution in [1.29, 1.82) is 0 Å². The summed E-state index contributed by atoms with van der Waals surface area (Å²) in [7, 11) is 0. The number of hydrogen-bond acceptors (Lipinski definition) is 37. The van der Waals surface area contributed by atoms with Crippen molar-refractivity contribution < 1.29 is 193 Å². The van der Waals surface area contributed by atoms with E-state index >= 15 is 0 Å². The highest BCUT2D eigenvalue weighted by molar-refractivity contribution is 5.76. The van der Waals surface area contributed by atoms with Crippen LogP contribution in [0, 0.1) is 17.8 Å². The number of aliphatic hydroxyl groups is 20. The predicted molar refractivity (Wildman–Crippen MR) is 297 cm³/mol. The highest BCUT2D eigenvalue weighted by Crippen LogP contribution is 2.44. The summed E-state index contributed by atoms with van der Waals surface area (Å²) in [5.41, 5.74) is 0. The maximum absolute atomic E-state index is 13.7. The molecule has 0 aromatic carbocycles. The number of carboxylic acids is 2. The molecule has 7 aliphatic heterocycles. The van der Waals surface area contributed by atoms with Crippen LogP contribution in [0.15, 0.2) is 0 Å². The molecule has 37 atom stereocenters. The lowest BCUT2D eigenvalue weighted by molar-refractivity contribution is -0.404. The van der Waals surface area contributed by atoms with Gasteiger partial charge in [0.25, 0.3) is 11.6 Å². The number of aliphatic carboxylic acids is 2. The number of hydrogen-bond donors (Lipinski definition) is 23. The topological polar surface area (TPSA) is 638 Å². The standard InChI is InChI=1S/C55H93NO39/c1-6-82-49-37(75)36(74)42(26(13-61)86-49)89-50-38(76)45(34(72)25(12-60)85-50)92-48-29(56-19(5)63)44(35(73)28(88-48)15-83-54(52(78)79)7-20(64)16(2)40(93-54)31(69)22(66)9-57)91-51-39(77)46(43(27(14-62)87-51)90-47-18(4)30(68)33(71)24(11-59)84-47)95-55(53(80)81)8-21(65)17(3)41(94-55)32(70)23(67)10-58/h16-18,20-51,57-62,64-77H,6-15H2,1-5H3,(H,56,63)(H,78,79)(H,80,81)/t16-,17+,18+,20-,21?,22-,23-,24?,25?,26?,27?,28?,29+,30-,31-,32-,33+,34+,35-,36-,37+,38+,39?,40?,41?,42-,43+,44-,45+,46-,47?,48?,49?,50?,51+,54-,55-/m1/s1. The molecule has 23 N–H and O–H groups in total. The van der Waals surface area contributed by atoms with E-state index in [0.717, 1.165) is 6.92 Å². The number of carbonyl (C=O) groups is 3. The maximum Gasteiger partial charge on any atom is 0.364 e. The molecule has 7 saturated heterocycles. The van der Waals surface area contributed by atoms with Crippen LogP contribution in [0.2, 0.25) is 0 Å². The van der Waals surface area contributed by atoms with Crippen molar-refractivity contribution in [3.63, 3.8) is 0 Å². The van der Waals surface area contributed by atoms with E-state index in [0.29, 0.717) is 0 Å². The quantitative estimate of drug-likeness (QED) is 0.0346. The smallest absolute Gasteiger partial charge is 0.364 e. The Kier molecular flexibility index (Phi) is 28.1. The van der Waals surface area contributed by atoms with Gasteiger partial charge in [-0.05, 0) is 6.92 Å². The number of aliphatic hydroxyl groups excluding tert-OH is 20. The molecule has 13 unspecified atom stereocenters. The molecule has 0 aliphatic carbocycles. The van der Waals surface area contributed by atoms with Crippen LogP contribution in [-0.4, -0.2) is 391 Å². The average molecular weight is 1390 g/mol. The van der Waals surface area contributed by atoms with Gasteiger partial charge in [0, 0.05) is 44.1 Å². The first kappa shape index (κ1) is 79.4. The number of rotatable bonds is 28. The molecule has 552 valence electrons. The second-order valence-corrected chi connectivity index (χ2v) is 24.7. The summed E-state index contributed by atoms with van der Waals surface area (Å²) in [5.74, 6) is -15.2. The first-order chi connectivity index (χ1) is 44.7. The molecule has 0 radical (unpaired) electrons. The van der Waals surface area contributed by atoms with Gasteiger partial charge in [-0.2, -0.15) is 0 Å². The molecule has 7 fully saturated rings. The minimum atomic E-state index is -3.27. The lowest BCUT2D eigenvalue weighted by Crippen LogP contribution is -2.71. The van der Waals surface area contributed by atoms with Gasteiger partial charge in [0.05, 0.1) is 76.8 Å². The van der Waals surface area contributed by atoms with Crippen LogP contribution in [0.25, 0.3) is 0 Å². The maximum atomic E-state index is 13.7. The van der Waals surface area contributed by atoms with Crippen molar-refractivity contribution in [2.75, 3.05) is 52.9 Å². The fraction of sp³-hybridized carbons (Fsp3) is 0.945. The summed E-state index contributed by atoms with van der Waals surface area (Å²) in [5, 5.41) is 244. The number of ether oxygens (including phenoxy) is 14. The van der Waals surface area contributed by atoms with E-state index in [1.165, 1.54) is 27.7 Å². The molecule has 40 nitrogen and oxygen atoms in total. The minimum Gasteiger partial charge on any atom is -0.477 e. The van der Waals surface area contributed by atoms with E-state index in [-0.39, 0.29) is 6.61 Å². The summed E-state index contributed by atoms with van der Waals surface area (Å²) in [6.07, 6.45) is -65.1. The summed E-state index contributed by atoms with van der Waals surface area (Å²) in [4.78, 5) is 40.4. The van der Waals surface area contributed by atoms with E-state index < -0.39 is 302 Å². The fourth-order valence-corrected chi connectivity index (χ4v) is 12.5. The van der Waals surface area contributed by atoms with Crippen LogP contribution in [0.4, 0.5) is 0 Å². The number of carboxylic acid groups (broad SMARTS) is 2. The Morgan fingerprint density at radius 2 is 0.905 bits per heavy atom. The summed E-state index contributed by atoms with van der Waals surface area (Å²) < 4.78 is 82.9. The Balaban J connectivity index is 1.33. The number of carbonyl (C=O) groups excluding carboxylic acids is 1. The largest absolute Gasteiger partial charge is 0.477 e. The molecule has 40 heteroatoms. The highest BCUT2D eigenvalue weighted by atomic mass is 16.8. The summed E-state index contributed by atoms with van der Waals surface area (Å²) >= 11 is 0. The first-order valence-corrected chi connectivity index (χ1v) is 30.8. The molecule has 95 heavy (non-hydrogen) atoms. The molecule has 0 aromatic rings. The zero-order valence-electron chi connectivity index (χ0n) is 52.1. The Labute approximate surface area is 541 Å². The highest BCUT2D eigenvalue weighted by Gasteiger charge is 2.63. The Hall–Kier alpha value is -2.95. The van der Waals surface area contributed by atoms with Gasteiger partial charge in [-0.3, -0.25) is 4.79 Å². The monoisotopic (exact) mass is 1390 g/mol. The van der Waals surface area contributed by atoms with E-state index in [2.05, 4.69) is 5.32 Å². The molecule has 1 amide bonds. The lowest BCUT2D eigenvalue weighted by Gasteiger charge is -2.53. The van der Waals surface area contributed by atoms with Crippen LogP contribution in [0.1, 0.15) is 47.5 Å². The lowest BCUT2D eigenvalue weighted by atomic mass is 9.84. The van der Waals surface area contributed by atoms with Gasteiger partial charge in [-0.1, -0.05) is 20.8 Å². The normalized spacial score (nSPS) is 47.3. The second-order valence-electron chi connectivity index (χ2n) is 24.7. The zero-order valence-corrected chi connectivity index (χ0v) is 52.1. The first-order valence-electron chi connectivity index (χ1n) is 30.8. The Morgan fingerprint density at radius 3 is 1.42 bits per heavy atom. The molecule has 0 aromatic heterocycles. The van der Waals surface area contributed by atoms with Crippen molar-refractivity contribution in [2.24, 2.45) is 17.8 Å². The average Bonchev–Trinajstić information content (AvgIpc) is 0.759. The fourth-order valence-electron chi connectivity index (χ4n) is 12.5. The van der Waals surface area contributed by atoms with Crippen LogP contribution in [0.5, 0.6) is 0 Å².